The summed E-state index contributed by atoms with van der Waals surface area (Å²) in [5.41, 5.74) is 0. The van der Waals surface area contributed by atoms with Gasteiger partial charge in [0.25, 0.3) is 0 Å². The monoisotopic (exact) mass is 227 g/mol. The number of aromatic nitrogens is 1. The van der Waals surface area contributed by atoms with E-state index in [1.54, 1.807) is 11.3 Å². The van der Waals surface area contributed by atoms with Crippen LogP contribution in [0.4, 0.5) is 10.9 Å². The number of anilines is 2. The van der Waals surface area contributed by atoms with E-state index in [0.717, 1.165) is 24.0 Å². The average molecular weight is 227 g/mol. The van der Waals surface area contributed by atoms with Gasteiger partial charge in [-0.05, 0) is 12.8 Å². The number of hydrogen-bond donors (Lipinski definition) is 2. The van der Waals surface area contributed by atoms with Crippen LogP contribution in [0.15, 0.2) is 5.38 Å². The van der Waals surface area contributed by atoms with Crippen molar-refractivity contribution in [3.8, 4) is 0 Å². The molecule has 0 aliphatic carbocycles. The first kappa shape index (κ1) is 12.3. The minimum absolute atomic E-state index is 1.01. The number of thiazole rings is 1. The summed E-state index contributed by atoms with van der Waals surface area (Å²) >= 11 is 1.67. The molecule has 0 aliphatic heterocycles. The Morgan fingerprint density at radius 1 is 1.13 bits per heavy atom. The lowest BCUT2D eigenvalue weighted by atomic mass is 10.3. The second kappa shape index (κ2) is 7.51. The van der Waals surface area contributed by atoms with Gasteiger partial charge in [0.1, 0.15) is 5.82 Å². The molecule has 4 heteroatoms. The Balaban J connectivity index is 2.23. The van der Waals surface area contributed by atoms with E-state index in [1.807, 2.05) is 0 Å². The van der Waals surface area contributed by atoms with E-state index in [-0.39, 0.29) is 0 Å². The molecule has 0 saturated carbocycles. The highest BCUT2D eigenvalue weighted by Gasteiger charge is 1.99. The fourth-order valence-electron chi connectivity index (χ4n) is 1.20. The molecule has 0 bridgehead atoms. The second-order valence-electron chi connectivity index (χ2n) is 3.60. The zero-order chi connectivity index (χ0) is 10.9. The molecule has 0 fully saturated rings. The Morgan fingerprint density at radius 3 is 2.47 bits per heavy atom. The van der Waals surface area contributed by atoms with Gasteiger partial charge in [0.15, 0.2) is 5.13 Å². The van der Waals surface area contributed by atoms with E-state index in [9.17, 15) is 0 Å². The molecule has 1 rings (SSSR count). The molecule has 0 spiro atoms. The molecule has 15 heavy (non-hydrogen) atoms. The van der Waals surface area contributed by atoms with E-state index in [0.29, 0.717) is 0 Å². The smallest absolute Gasteiger partial charge is 0.184 e. The van der Waals surface area contributed by atoms with Crippen molar-refractivity contribution >= 4 is 22.3 Å². The van der Waals surface area contributed by atoms with Crippen LogP contribution in [-0.2, 0) is 0 Å². The summed E-state index contributed by atoms with van der Waals surface area (Å²) in [5.74, 6) is 1.01. The standard InChI is InChI=1S/C11H21N3S/c1-3-5-7-12-10-9-15-11(14-10)13-8-6-4-2/h9,12H,3-8H2,1-2H3,(H,13,14). The molecule has 0 radical (unpaired) electrons. The van der Waals surface area contributed by atoms with Gasteiger partial charge in [0, 0.05) is 18.5 Å². The molecule has 3 nitrogen and oxygen atoms in total. The normalized spacial score (nSPS) is 10.3. The van der Waals surface area contributed by atoms with Crippen LogP contribution in [0.25, 0.3) is 0 Å². The molecule has 1 heterocycles. The summed E-state index contributed by atoms with van der Waals surface area (Å²) in [6.45, 7) is 6.44. The molecule has 0 saturated heterocycles. The third-order valence-corrected chi connectivity index (χ3v) is 2.95. The highest BCUT2D eigenvalue weighted by atomic mass is 32.1. The van der Waals surface area contributed by atoms with Crippen LogP contribution in [0.3, 0.4) is 0 Å². The Kier molecular flexibility index (Phi) is 6.16. The summed E-state index contributed by atoms with van der Waals surface area (Å²) < 4.78 is 0. The Morgan fingerprint density at radius 2 is 1.80 bits per heavy atom. The van der Waals surface area contributed by atoms with Gasteiger partial charge in [-0.2, -0.15) is 0 Å². The Hall–Kier alpha value is -0.770. The maximum Gasteiger partial charge on any atom is 0.184 e. The zero-order valence-corrected chi connectivity index (χ0v) is 10.5. The van der Waals surface area contributed by atoms with Crippen molar-refractivity contribution in [1.29, 1.82) is 0 Å². The molecule has 0 amide bonds. The average Bonchev–Trinajstić information content (AvgIpc) is 2.67. The quantitative estimate of drug-likeness (QED) is 0.667. The van der Waals surface area contributed by atoms with E-state index in [1.165, 1.54) is 25.7 Å². The SMILES string of the molecule is CCCCNc1csc(NCCCC)n1. The van der Waals surface area contributed by atoms with Crippen LogP contribution in [0.1, 0.15) is 39.5 Å². The van der Waals surface area contributed by atoms with Gasteiger partial charge in [-0.1, -0.05) is 26.7 Å². The highest BCUT2D eigenvalue weighted by Crippen LogP contribution is 2.18. The topological polar surface area (TPSA) is 37.0 Å². The van der Waals surface area contributed by atoms with Crippen LogP contribution in [-0.4, -0.2) is 18.1 Å². The highest BCUT2D eigenvalue weighted by molar-refractivity contribution is 7.14. The van der Waals surface area contributed by atoms with E-state index in [4.69, 9.17) is 0 Å². The van der Waals surface area contributed by atoms with Crippen molar-refractivity contribution in [2.75, 3.05) is 23.7 Å². The van der Waals surface area contributed by atoms with Gasteiger partial charge < -0.3 is 10.6 Å². The molecule has 86 valence electrons. The van der Waals surface area contributed by atoms with Crippen LogP contribution in [0, 0.1) is 0 Å². The van der Waals surface area contributed by atoms with E-state index in [2.05, 4.69) is 34.8 Å². The fourth-order valence-corrected chi connectivity index (χ4v) is 1.90. The van der Waals surface area contributed by atoms with Crippen molar-refractivity contribution in [1.82, 2.24) is 4.98 Å². The lowest BCUT2D eigenvalue weighted by Gasteiger charge is -2.01. The summed E-state index contributed by atoms with van der Waals surface area (Å²) in [5, 5.41) is 9.74. The summed E-state index contributed by atoms with van der Waals surface area (Å²) in [6.07, 6.45) is 4.85. The molecule has 0 atom stereocenters. The molecular weight excluding hydrogens is 206 g/mol. The Bertz CT molecular complexity index is 236. The molecule has 0 aliphatic rings. The summed E-state index contributed by atoms with van der Waals surface area (Å²) in [4.78, 5) is 4.45. The van der Waals surface area contributed by atoms with Crippen molar-refractivity contribution in [3.63, 3.8) is 0 Å². The van der Waals surface area contributed by atoms with Gasteiger partial charge in [0.2, 0.25) is 0 Å². The summed E-state index contributed by atoms with van der Waals surface area (Å²) in [6, 6.07) is 0. The van der Waals surface area contributed by atoms with Crippen LogP contribution in [0.5, 0.6) is 0 Å². The first-order chi connectivity index (χ1) is 7.36. The number of unbranched alkanes of at least 4 members (excludes halogenated alkanes) is 2. The van der Waals surface area contributed by atoms with Gasteiger partial charge >= 0.3 is 0 Å². The van der Waals surface area contributed by atoms with Crippen LogP contribution < -0.4 is 10.6 Å². The largest absolute Gasteiger partial charge is 0.369 e. The third-order valence-electron chi connectivity index (χ3n) is 2.15. The van der Waals surface area contributed by atoms with Gasteiger partial charge in [-0.3, -0.25) is 0 Å². The second-order valence-corrected chi connectivity index (χ2v) is 4.46. The first-order valence-corrected chi connectivity index (χ1v) is 6.68. The predicted octanol–water partition coefficient (Wildman–Crippen LogP) is 3.57. The maximum absolute atomic E-state index is 4.45. The minimum atomic E-state index is 1.01. The van der Waals surface area contributed by atoms with Crippen molar-refractivity contribution in [3.05, 3.63) is 5.38 Å². The fraction of sp³-hybridized carbons (Fsp3) is 0.727. The predicted molar refractivity (Wildman–Crippen MR) is 68.9 cm³/mol. The summed E-state index contributed by atoms with van der Waals surface area (Å²) in [7, 11) is 0. The zero-order valence-electron chi connectivity index (χ0n) is 9.68. The molecule has 2 N–H and O–H groups in total. The van der Waals surface area contributed by atoms with Gasteiger partial charge in [-0.15, -0.1) is 11.3 Å². The van der Waals surface area contributed by atoms with Crippen molar-refractivity contribution < 1.29 is 0 Å². The van der Waals surface area contributed by atoms with Crippen LogP contribution >= 0.6 is 11.3 Å². The van der Waals surface area contributed by atoms with Crippen molar-refractivity contribution in [2.45, 2.75) is 39.5 Å². The first-order valence-electron chi connectivity index (χ1n) is 5.80. The van der Waals surface area contributed by atoms with Gasteiger partial charge in [-0.25, -0.2) is 4.98 Å². The molecule has 1 aromatic rings. The lowest BCUT2D eigenvalue weighted by molar-refractivity contribution is 0.828. The van der Waals surface area contributed by atoms with E-state index >= 15 is 0 Å². The maximum atomic E-state index is 4.45. The Labute approximate surface area is 96.3 Å². The number of nitrogens with zero attached hydrogens (tertiary/aromatic N) is 1. The molecule has 1 aromatic heterocycles. The lowest BCUT2D eigenvalue weighted by Crippen LogP contribution is -2.03. The number of nitrogens with one attached hydrogen (secondary N) is 2. The number of hydrogen-bond acceptors (Lipinski definition) is 4. The molecular formula is C11H21N3S. The van der Waals surface area contributed by atoms with E-state index < -0.39 is 0 Å². The van der Waals surface area contributed by atoms with Crippen molar-refractivity contribution in [2.24, 2.45) is 0 Å². The third kappa shape index (κ3) is 5.02. The molecule has 0 aromatic carbocycles. The number of rotatable bonds is 8. The minimum Gasteiger partial charge on any atom is -0.369 e. The van der Waals surface area contributed by atoms with Gasteiger partial charge in [0.05, 0.1) is 0 Å². The molecule has 0 unspecified atom stereocenters. The van der Waals surface area contributed by atoms with Crippen LogP contribution in [0.2, 0.25) is 0 Å².